The highest BCUT2D eigenvalue weighted by atomic mass is 127. The van der Waals surface area contributed by atoms with Gasteiger partial charge >= 0.3 is 0 Å². The van der Waals surface area contributed by atoms with E-state index in [2.05, 4.69) is 22.6 Å². The molecule has 1 aliphatic rings. The Morgan fingerprint density at radius 1 is 1.19 bits per heavy atom. The van der Waals surface area contributed by atoms with Gasteiger partial charge in [-0.3, -0.25) is 24.6 Å². The zero-order valence-corrected chi connectivity index (χ0v) is 19.8. The van der Waals surface area contributed by atoms with Crippen molar-refractivity contribution in [2.24, 2.45) is 0 Å². The van der Waals surface area contributed by atoms with Crippen LogP contribution in [0, 0.1) is 13.7 Å². The van der Waals surface area contributed by atoms with E-state index in [4.69, 9.17) is 9.47 Å². The molecule has 8 nitrogen and oxygen atoms in total. The van der Waals surface area contributed by atoms with Crippen LogP contribution in [0.2, 0.25) is 0 Å². The molecule has 10 heteroatoms. The average Bonchev–Trinajstić information content (AvgIpc) is 3.00. The smallest absolute Gasteiger partial charge is 0.293 e. The molecule has 1 saturated heterocycles. The number of carbonyl (C=O) groups excluding carboxylic acids is 2. The van der Waals surface area contributed by atoms with E-state index in [-0.39, 0.29) is 23.4 Å². The van der Waals surface area contributed by atoms with Gasteiger partial charge < -0.3 is 9.47 Å². The van der Waals surface area contributed by atoms with Gasteiger partial charge in [0.15, 0.2) is 11.5 Å². The van der Waals surface area contributed by atoms with Crippen molar-refractivity contribution in [3.05, 3.63) is 66.1 Å². The predicted molar refractivity (Wildman–Crippen MR) is 126 cm³/mol. The van der Waals surface area contributed by atoms with Crippen LogP contribution in [0.5, 0.6) is 11.5 Å². The average molecular weight is 554 g/mol. The lowest BCUT2D eigenvalue weighted by atomic mass is 10.1. The largest absolute Gasteiger partial charge is 0.490 e. The van der Waals surface area contributed by atoms with Crippen LogP contribution >= 0.6 is 34.4 Å². The van der Waals surface area contributed by atoms with Crippen LogP contribution in [0.25, 0.3) is 6.08 Å². The summed E-state index contributed by atoms with van der Waals surface area (Å²) < 4.78 is 12.4. The third-order valence-corrected chi connectivity index (χ3v) is 6.03. The second-order valence-electron chi connectivity index (χ2n) is 6.40. The lowest BCUT2D eigenvalue weighted by Gasteiger charge is -2.15. The highest BCUT2D eigenvalue weighted by Gasteiger charge is 2.33. The van der Waals surface area contributed by atoms with Crippen molar-refractivity contribution in [2.45, 2.75) is 20.5 Å². The molecule has 0 aromatic heterocycles. The number of benzene rings is 2. The Morgan fingerprint density at radius 3 is 2.61 bits per heavy atom. The summed E-state index contributed by atoms with van der Waals surface area (Å²) in [4.78, 5) is 36.4. The first-order valence-corrected chi connectivity index (χ1v) is 11.3. The second kappa shape index (κ2) is 10.1. The number of imide groups is 1. The number of carbonyl (C=O) groups is 2. The number of likely N-dealkylation sites (N-methyl/N-ethyl adjacent to an activating group) is 1. The van der Waals surface area contributed by atoms with Crippen molar-refractivity contribution >= 4 is 57.3 Å². The van der Waals surface area contributed by atoms with Gasteiger partial charge in [-0.1, -0.05) is 12.1 Å². The zero-order chi connectivity index (χ0) is 22.5. The maximum atomic E-state index is 12.4. The number of nitro benzene ring substituents is 1. The number of halogens is 1. The summed E-state index contributed by atoms with van der Waals surface area (Å²) in [6, 6.07) is 9.82. The summed E-state index contributed by atoms with van der Waals surface area (Å²) in [6.45, 7) is 4.46. The number of ether oxygens (including phenoxy) is 2. The van der Waals surface area contributed by atoms with Gasteiger partial charge in [0.05, 0.1) is 20.0 Å². The van der Waals surface area contributed by atoms with Gasteiger partial charge in [-0.05, 0) is 77.5 Å². The molecular weight excluding hydrogens is 535 g/mol. The van der Waals surface area contributed by atoms with Crippen LogP contribution in [0.1, 0.15) is 25.0 Å². The fourth-order valence-corrected chi connectivity index (χ4v) is 4.60. The fourth-order valence-electron chi connectivity index (χ4n) is 2.91. The van der Waals surface area contributed by atoms with Crippen molar-refractivity contribution in [1.82, 2.24) is 4.90 Å². The maximum absolute atomic E-state index is 12.4. The van der Waals surface area contributed by atoms with Crippen LogP contribution in [0.4, 0.5) is 10.5 Å². The molecule has 2 amide bonds. The molecule has 1 aliphatic heterocycles. The quantitative estimate of drug-likeness (QED) is 0.191. The molecule has 0 atom stereocenters. The topological polar surface area (TPSA) is 99.0 Å². The molecule has 1 heterocycles. The molecule has 31 heavy (non-hydrogen) atoms. The van der Waals surface area contributed by atoms with Gasteiger partial charge in [0.1, 0.15) is 6.61 Å². The lowest BCUT2D eigenvalue weighted by molar-refractivity contribution is -0.384. The molecule has 162 valence electrons. The molecule has 1 fully saturated rings. The van der Waals surface area contributed by atoms with E-state index in [1.807, 2.05) is 13.0 Å². The molecule has 0 unspecified atom stereocenters. The van der Waals surface area contributed by atoms with Crippen LogP contribution in [-0.4, -0.2) is 34.1 Å². The molecule has 0 aliphatic carbocycles. The van der Waals surface area contributed by atoms with E-state index < -0.39 is 4.92 Å². The van der Waals surface area contributed by atoms with Crippen molar-refractivity contribution < 1.29 is 24.0 Å². The Balaban J connectivity index is 1.86. The monoisotopic (exact) mass is 554 g/mol. The van der Waals surface area contributed by atoms with E-state index >= 15 is 0 Å². The van der Waals surface area contributed by atoms with Crippen LogP contribution < -0.4 is 9.47 Å². The summed E-state index contributed by atoms with van der Waals surface area (Å²) in [7, 11) is 0. The summed E-state index contributed by atoms with van der Waals surface area (Å²) in [5.74, 6) is 0.685. The van der Waals surface area contributed by atoms with Crippen molar-refractivity contribution in [3.63, 3.8) is 0 Å². The minimum absolute atomic E-state index is 0.00259. The molecule has 0 N–H and O–H groups in total. The number of nitro groups is 1. The third kappa shape index (κ3) is 5.37. The van der Waals surface area contributed by atoms with Gasteiger partial charge in [0.25, 0.3) is 16.8 Å². The van der Waals surface area contributed by atoms with Gasteiger partial charge in [-0.2, -0.15) is 0 Å². The Kier molecular flexibility index (Phi) is 7.55. The highest BCUT2D eigenvalue weighted by Crippen LogP contribution is 2.38. The number of nitrogens with zero attached hydrogens (tertiary/aromatic N) is 2. The highest BCUT2D eigenvalue weighted by molar-refractivity contribution is 14.1. The number of amides is 2. The van der Waals surface area contributed by atoms with Gasteiger partial charge in [-0.25, -0.2) is 0 Å². The van der Waals surface area contributed by atoms with Crippen LogP contribution in [-0.2, 0) is 11.4 Å². The number of rotatable bonds is 8. The number of non-ortho nitro benzene ring substituents is 1. The van der Waals surface area contributed by atoms with Crippen LogP contribution in [0.3, 0.4) is 0 Å². The third-order valence-electron chi connectivity index (χ3n) is 4.32. The minimum Gasteiger partial charge on any atom is -0.490 e. The molecule has 0 spiro atoms. The Bertz CT molecular complexity index is 1070. The first-order valence-electron chi connectivity index (χ1n) is 9.41. The summed E-state index contributed by atoms with van der Waals surface area (Å²) in [5.41, 5.74) is 1.36. The Morgan fingerprint density at radius 2 is 1.97 bits per heavy atom. The number of hydrogen-bond donors (Lipinski definition) is 0. The molecule has 2 aromatic carbocycles. The van der Waals surface area contributed by atoms with Crippen LogP contribution in [0.15, 0.2) is 41.3 Å². The molecule has 3 rings (SSSR count). The normalized spacial score (nSPS) is 14.9. The second-order valence-corrected chi connectivity index (χ2v) is 8.56. The van der Waals surface area contributed by atoms with E-state index in [0.29, 0.717) is 40.7 Å². The predicted octanol–water partition coefficient (Wildman–Crippen LogP) is 5.23. The number of thioether (sulfide) groups is 1. The molecular formula is C21H19IN2O6S. The van der Waals surface area contributed by atoms with Crippen molar-refractivity contribution in [3.8, 4) is 11.5 Å². The fraction of sp³-hybridized carbons (Fsp3) is 0.238. The number of hydrogen-bond acceptors (Lipinski definition) is 7. The maximum Gasteiger partial charge on any atom is 0.293 e. The molecule has 0 bridgehead atoms. The van der Waals surface area contributed by atoms with E-state index in [1.54, 1.807) is 31.2 Å². The summed E-state index contributed by atoms with van der Waals surface area (Å²) in [6.07, 6.45) is 1.66. The van der Waals surface area contributed by atoms with E-state index in [1.165, 1.54) is 17.0 Å². The standard InChI is InChI=1S/C21H19IN2O6S/c1-3-23-20(25)18(31-21(23)26)11-14-9-16(22)19(17(10-14)29-4-2)30-12-13-6-5-7-15(8-13)24(27)28/h5-11H,3-4,12H2,1-2H3/b18-11+. The van der Waals surface area contributed by atoms with Gasteiger partial charge in [-0.15, -0.1) is 0 Å². The minimum atomic E-state index is -0.450. The molecule has 2 aromatic rings. The van der Waals surface area contributed by atoms with Crippen molar-refractivity contribution in [2.75, 3.05) is 13.2 Å². The first kappa shape index (κ1) is 23.1. The lowest BCUT2D eigenvalue weighted by Crippen LogP contribution is -2.27. The summed E-state index contributed by atoms with van der Waals surface area (Å²) in [5, 5.41) is 10.7. The van der Waals surface area contributed by atoms with E-state index in [0.717, 1.165) is 15.3 Å². The summed E-state index contributed by atoms with van der Waals surface area (Å²) >= 11 is 3.02. The molecule has 0 saturated carbocycles. The van der Waals surface area contributed by atoms with Gasteiger partial charge in [0.2, 0.25) is 0 Å². The zero-order valence-electron chi connectivity index (χ0n) is 16.8. The Labute approximate surface area is 196 Å². The van der Waals surface area contributed by atoms with Gasteiger partial charge in [0, 0.05) is 18.7 Å². The first-order chi connectivity index (χ1) is 14.8. The van der Waals surface area contributed by atoms with E-state index in [9.17, 15) is 19.7 Å². The SMILES string of the molecule is CCOc1cc(/C=C2/SC(=O)N(CC)C2=O)cc(I)c1OCc1cccc([N+](=O)[O-])c1. The molecule has 0 radical (unpaired) electrons. The Hall–Kier alpha value is -2.60. The van der Waals surface area contributed by atoms with Crippen molar-refractivity contribution in [1.29, 1.82) is 0 Å².